The number of amides is 1. The zero-order valence-corrected chi connectivity index (χ0v) is 18.0. The van der Waals surface area contributed by atoms with E-state index in [4.69, 9.17) is 14.2 Å². The van der Waals surface area contributed by atoms with E-state index in [-0.39, 0.29) is 5.91 Å². The smallest absolute Gasteiger partial charge is 0.265 e. The Morgan fingerprint density at radius 3 is 2.31 bits per heavy atom. The lowest BCUT2D eigenvalue weighted by Crippen LogP contribution is -2.26. The molecule has 3 rings (SSSR count). The fourth-order valence-corrected chi connectivity index (χ4v) is 3.99. The van der Waals surface area contributed by atoms with Gasteiger partial charge < -0.3 is 19.1 Å². The summed E-state index contributed by atoms with van der Waals surface area (Å²) < 4.78 is 15.8. The highest BCUT2D eigenvalue weighted by Gasteiger charge is 2.20. The van der Waals surface area contributed by atoms with Crippen LogP contribution in [0, 0.1) is 6.92 Å². The molecule has 0 aliphatic heterocycles. The zero-order valence-electron chi connectivity index (χ0n) is 17.2. The number of carbonyl (C=O) groups excluding carboxylic acids is 1. The topological polar surface area (TPSA) is 60.9 Å². The predicted octanol–water partition coefficient (Wildman–Crippen LogP) is 4.42. The first-order valence-corrected chi connectivity index (χ1v) is 9.86. The number of carbonyl (C=O) groups is 1. The number of methoxy groups -OCH3 is 3. The van der Waals surface area contributed by atoms with Crippen LogP contribution in [-0.4, -0.2) is 44.2 Å². The molecule has 6 nitrogen and oxygen atoms in total. The summed E-state index contributed by atoms with van der Waals surface area (Å²) in [6, 6.07) is 13.3. The number of ether oxygens (including phenoxy) is 3. The molecule has 0 aliphatic rings. The number of benzene rings is 2. The molecule has 0 unspecified atom stereocenters. The van der Waals surface area contributed by atoms with Gasteiger partial charge in [-0.15, -0.1) is 11.3 Å². The van der Waals surface area contributed by atoms with Gasteiger partial charge in [0.2, 0.25) is 0 Å². The average molecular weight is 413 g/mol. The van der Waals surface area contributed by atoms with E-state index in [0.717, 1.165) is 21.9 Å². The lowest BCUT2D eigenvalue weighted by molar-refractivity contribution is 0.0789. The first-order valence-electron chi connectivity index (χ1n) is 9.05. The van der Waals surface area contributed by atoms with Gasteiger partial charge in [0.25, 0.3) is 5.91 Å². The second-order valence-corrected chi connectivity index (χ2v) is 7.51. The van der Waals surface area contributed by atoms with Crippen molar-refractivity contribution in [3.05, 3.63) is 58.6 Å². The minimum absolute atomic E-state index is 0.0532. The molecule has 0 aliphatic carbocycles. The Hall–Kier alpha value is -3.06. The molecule has 0 bridgehead atoms. The lowest BCUT2D eigenvalue weighted by atomic mass is 10.2. The molecule has 2 aromatic carbocycles. The van der Waals surface area contributed by atoms with Crippen LogP contribution in [0.5, 0.6) is 17.2 Å². The van der Waals surface area contributed by atoms with Crippen LogP contribution in [0.15, 0.2) is 42.5 Å². The molecule has 1 aromatic heterocycles. The largest absolute Gasteiger partial charge is 0.497 e. The zero-order chi connectivity index (χ0) is 21.0. The Balaban J connectivity index is 1.80. The summed E-state index contributed by atoms with van der Waals surface area (Å²) in [6.07, 6.45) is 0. The Morgan fingerprint density at radius 2 is 1.69 bits per heavy atom. The third-order valence-corrected chi connectivity index (χ3v) is 5.74. The van der Waals surface area contributed by atoms with Crippen molar-refractivity contribution in [1.82, 2.24) is 9.88 Å². The fourth-order valence-electron chi connectivity index (χ4n) is 2.94. The SMILES string of the molecule is COc1ccc(CN(C)C(=O)c2sc(-c3ccc(OC)c(OC)c3)nc2C)cc1. The summed E-state index contributed by atoms with van der Waals surface area (Å²) in [6.45, 7) is 2.36. The molecule has 0 radical (unpaired) electrons. The van der Waals surface area contributed by atoms with Crippen molar-refractivity contribution < 1.29 is 19.0 Å². The van der Waals surface area contributed by atoms with E-state index in [9.17, 15) is 4.79 Å². The standard InChI is InChI=1S/C22H24N2O4S/c1-14-20(22(25)24(2)13-15-6-9-17(26-3)10-7-15)29-21(23-14)16-8-11-18(27-4)19(12-16)28-5/h6-12H,13H2,1-5H3. The molecule has 0 saturated heterocycles. The van der Waals surface area contributed by atoms with E-state index in [1.165, 1.54) is 11.3 Å². The van der Waals surface area contributed by atoms with Crippen LogP contribution in [0.25, 0.3) is 10.6 Å². The third-order valence-electron chi connectivity index (χ3n) is 4.55. The van der Waals surface area contributed by atoms with Gasteiger partial charge in [0.15, 0.2) is 11.5 Å². The van der Waals surface area contributed by atoms with E-state index in [1.54, 1.807) is 33.3 Å². The highest BCUT2D eigenvalue weighted by molar-refractivity contribution is 7.17. The van der Waals surface area contributed by atoms with Gasteiger partial charge >= 0.3 is 0 Å². The average Bonchev–Trinajstić information content (AvgIpc) is 3.14. The number of nitrogens with zero attached hydrogens (tertiary/aromatic N) is 2. The van der Waals surface area contributed by atoms with Crippen molar-refractivity contribution in [2.45, 2.75) is 13.5 Å². The van der Waals surface area contributed by atoms with E-state index < -0.39 is 0 Å². The molecule has 0 spiro atoms. The first-order chi connectivity index (χ1) is 14.0. The van der Waals surface area contributed by atoms with E-state index in [2.05, 4.69) is 4.98 Å². The van der Waals surface area contributed by atoms with Crippen LogP contribution < -0.4 is 14.2 Å². The van der Waals surface area contributed by atoms with Crippen molar-refractivity contribution in [3.63, 3.8) is 0 Å². The summed E-state index contributed by atoms with van der Waals surface area (Å²) in [5, 5.41) is 0.768. The molecule has 3 aromatic rings. The molecule has 0 saturated carbocycles. The maximum atomic E-state index is 13.0. The molecule has 0 N–H and O–H groups in total. The quantitative estimate of drug-likeness (QED) is 0.575. The van der Waals surface area contributed by atoms with Crippen molar-refractivity contribution in [2.24, 2.45) is 0 Å². The van der Waals surface area contributed by atoms with Crippen LogP contribution in [-0.2, 0) is 6.54 Å². The molecule has 7 heteroatoms. The maximum absolute atomic E-state index is 13.0. The summed E-state index contributed by atoms with van der Waals surface area (Å²) in [4.78, 5) is 19.9. The first kappa shape index (κ1) is 20.7. The van der Waals surface area contributed by atoms with E-state index in [1.807, 2.05) is 49.4 Å². The van der Waals surface area contributed by atoms with Gasteiger partial charge in [-0.1, -0.05) is 12.1 Å². The van der Waals surface area contributed by atoms with Crippen LogP contribution in [0.1, 0.15) is 20.9 Å². The summed E-state index contributed by atoms with van der Waals surface area (Å²) >= 11 is 1.38. The van der Waals surface area contributed by atoms with E-state index >= 15 is 0 Å². The maximum Gasteiger partial charge on any atom is 0.265 e. The fraction of sp³-hybridized carbons (Fsp3) is 0.273. The van der Waals surface area contributed by atoms with Crippen molar-refractivity contribution in [1.29, 1.82) is 0 Å². The molecule has 29 heavy (non-hydrogen) atoms. The van der Waals surface area contributed by atoms with Crippen molar-refractivity contribution in [3.8, 4) is 27.8 Å². The van der Waals surface area contributed by atoms with Gasteiger partial charge in [-0.25, -0.2) is 4.98 Å². The molecular weight excluding hydrogens is 388 g/mol. The number of rotatable bonds is 7. The number of hydrogen-bond donors (Lipinski definition) is 0. The normalized spacial score (nSPS) is 10.5. The van der Waals surface area contributed by atoms with Gasteiger partial charge in [-0.3, -0.25) is 4.79 Å². The Labute approximate surface area is 174 Å². The molecule has 0 atom stereocenters. The Morgan fingerprint density at radius 1 is 1.00 bits per heavy atom. The number of hydrogen-bond acceptors (Lipinski definition) is 6. The monoisotopic (exact) mass is 412 g/mol. The van der Waals surface area contributed by atoms with Crippen molar-refractivity contribution in [2.75, 3.05) is 28.4 Å². The number of aromatic nitrogens is 1. The van der Waals surface area contributed by atoms with Crippen LogP contribution in [0.4, 0.5) is 0 Å². The Bertz CT molecular complexity index is 999. The van der Waals surface area contributed by atoms with Gasteiger partial charge in [0.05, 0.1) is 27.0 Å². The summed E-state index contributed by atoms with van der Waals surface area (Å²) in [7, 11) is 6.62. The Kier molecular flexibility index (Phi) is 6.39. The van der Waals surface area contributed by atoms with Crippen LogP contribution in [0.2, 0.25) is 0 Å². The third kappa shape index (κ3) is 4.51. The van der Waals surface area contributed by atoms with Gasteiger partial charge in [0, 0.05) is 19.2 Å². The van der Waals surface area contributed by atoms with Gasteiger partial charge in [0.1, 0.15) is 15.6 Å². The van der Waals surface area contributed by atoms with Crippen molar-refractivity contribution >= 4 is 17.2 Å². The molecular formula is C22H24N2O4S. The molecule has 1 amide bonds. The number of thiazole rings is 1. The molecule has 0 fully saturated rings. The minimum atomic E-state index is -0.0532. The van der Waals surface area contributed by atoms with Crippen LogP contribution >= 0.6 is 11.3 Å². The highest BCUT2D eigenvalue weighted by atomic mass is 32.1. The second-order valence-electron chi connectivity index (χ2n) is 6.51. The van der Waals surface area contributed by atoms with Crippen LogP contribution in [0.3, 0.4) is 0 Å². The lowest BCUT2D eigenvalue weighted by Gasteiger charge is -2.16. The predicted molar refractivity (Wildman–Crippen MR) is 114 cm³/mol. The molecule has 152 valence electrons. The van der Waals surface area contributed by atoms with Gasteiger partial charge in [-0.2, -0.15) is 0 Å². The van der Waals surface area contributed by atoms with Gasteiger partial charge in [-0.05, 0) is 42.8 Å². The highest BCUT2D eigenvalue weighted by Crippen LogP contribution is 2.35. The minimum Gasteiger partial charge on any atom is -0.497 e. The summed E-state index contributed by atoms with van der Waals surface area (Å²) in [5.74, 6) is 2.02. The second kappa shape index (κ2) is 8.96. The number of aryl methyl sites for hydroxylation is 1. The summed E-state index contributed by atoms with van der Waals surface area (Å²) in [5.41, 5.74) is 2.63. The van der Waals surface area contributed by atoms with E-state index in [0.29, 0.717) is 28.6 Å². The molecule has 1 heterocycles.